The predicted molar refractivity (Wildman–Crippen MR) is 135 cm³/mol. The Bertz CT molecular complexity index is 1010. The summed E-state index contributed by atoms with van der Waals surface area (Å²) in [7, 11) is 2.72. The van der Waals surface area contributed by atoms with Gasteiger partial charge in [0.25, 0.3) is 0 Å². The molecule has 4 rings (SSSR count). The van der Waals surface area contributed by atoms with Gasteiger partial charge in [0.2, 0.25) is 11.6 Å². The molecular weight excluding hydrogens is 479 g/mol. The third-order valence-electron chi connectivity index (χ3n) is 6.43. The van der Waals surface area contributed by atoms with Gasteiger partial charge in [0.1, 0.15) is 0 Å². The first-order valence-electron chi connectivity index (χ1n) is 10.8. The molecule has 2 aliphatic rings. The molecule has 1 fully saturated rings. The van der Waals surface area contributed by atoms with Gasteiger partial charge in [-0.1, -0.05) is 30.3 Å². The summed E-state index contributed by atoms with van der Waals surface area (Å²) < 4.78 is 10.1. The van der Waals surface area contributed by atoms with Crippen LogP contribution in [0.3, 0.4) is 0 Å². The average molecular weight is 511 g/mol. The van der Waals surface area contributed by atoms with Crippen LogP contribution in [-0.2, 0) is 15.9 Å². The predicted octanol–water partition coefficient (Wildman–Crippen LogP) is 1.68. The number of piperazine rings is 1. The van der Waals surface area contributed by atoms with Crippen LogP contribution in [0.1, 0.15) is 43.4 Å². The second-order valence-electron chi connectivity index (χ2n) is 8.25. The van der Waals surface area contributed by atoms with Crippen LogP contribution < -0.4 is 16.8 Å². The number of carbonyl (C=O) groups is 2. The van der Waals surface area contributed by atoms with E-state index in [9.17, 15) is 9.59 Å². The highest BCUT2D eigenvalue weighted by molar-refractivity contribution is 6.11. The van der Waals surface area contributed by atoms with E-state index >= 15 is 0 Å². The van der Waals surface area contributed by atoms with Crippen LogP contribution >= 0.6 is 24.8 Å². The smallest absolute Gasteiger partial charge is 0.206 e. The summed E-state index contributed by atoms with van der Waals surface area (Å²) in [5, 5.41) is 3.47. The highest BCUT2D eigenvalue weighted by atomic mass is 35.5. The minimum atomic E-state index is -1.18. The number of carbonyl (C=O) groups excluding carboxylic acids is 2. The van der Waals surface area contributed by atoms with E-state index < -0.39 is 24.0 Å². The van der Waals surface area contributed by atoms with E-state index in [1.165, 1.54) is 14.2 Å². The maximum Gasteiger partial charge on any atom is 0.206 e. The van der Waals surface area contributed by atoms with Crippen molar-refractivity contribution in [3.8, 4) is 0 Å². The molecule has 4 atom stereocenters. The van der Waals surface area contributed by atoms with Crippen LogP contribution in [0.25, 0.3) is 0 Å². The summed E-state index contributed by atoms with van der Waals surface area (Å²) in [6.45, 7) is 2.65. The zero-order valence-corrected chi connectivity index (χ0v) is 20.9. The summed E-state index contributed by atoms with van der Waals surface area (Å²) in [4.78, 5) is 28.6. The van der Waals surface area contributed by atoms with Crippen molar-refractivity contribution in [1.82, 2.24) is 10.2 Å². The number of ketones is 2. The fourth-order valence-corrected chi connectivity index (χ4v) is 4.77. The zero-order chi connectivity index (χ0) is 22.8. The van der Waals surface area contributed by atoms with Crippen LogP contribution in [0.15, 0.2) is 42.5 Å². The third-order valence-corrected chi connectivity index (χ3v) is 6.43. The van der Waals surface area contributed by atoms with Gasteiger partial charge >= 0.3 is 0 Å². The SMILES string of the molecule is COC(N)C(=O)c1cc2c(cc1C(=O)C(N)OC)C(c1ccccc1)N1CCNCC1C2.Cl.Cl. The number of fused-ring (bicyclic) bond motifs is 2. The van der Waals surface area contributed by atoms with Crippen LogP contribution in [-0.4, -0.2) is 68.8 Å². The number of nitrogens with zero attached hydrogens (tertiary/aromatic N) is 1. The molecule has 0 amide bonds. The molecule has 0 bridgehead atoms. The molecular formula is C24H32Cl2N4O4. The molecule has 186 valence electrons. The Kier molecular flexibility index (Phi) is 10.2. The molecule has 2 aliphatic heterocycles. The van der Waals surface area contributed by atoms with Gasteiger partial charge in [-0.25, -0.2) is 0 Å². The van der Waals surface area contributed by atoms with Crippen molar-refractivity contribution in [3.05, 3.63) is 70.3 Å². The molecule has 0 spiro atoms. The number of halogens is 2. The van der Waals surface area contributed by atoms with Gasteiger partial charge in [-0.3, -0.25) is 26.0 Å². The van der Waals surface area contributed by atoms with Crippen LogP contribution in [0.5, 0.6) is 0 Å². The molecule has 0 aromatic heterocycles. The molecule has 2 aromatic carbocycles. The number of benzene rings is 2. The van der Waals surface area contributed by atoms with Gasteiger partial charge < -0.3 is 14.8 Å². The highest BCUT2D eigenvalue weighted by Crippen LogP contribution is 2.40. The number of nitrogens with two attached hydrogens (primary N) is 2. The number of hydrogen-bond acceptors (Lipinski definition) is 8. The van der Waals surface area contributed by atoms with Crippen molar-refractivity contribution >= 4 is 36.4 Å². The first-order chi connectivity index (χ1) is 15.5. The van der Waals surface area contributed by atoms with Gasteiger partial charge in [0, 0.05) is 51.0 Å². The second kappa shape index (κ2) is 12.2. The maximum atomic E-state index is 13.1. The summed E-state index contributed by atoms with van der Waals surface area (Å²) >= 11 is 0. The molecule has 0 aliphatic carbocycles. The maximum absolute atomic E-state index is 13.1. The minimum absolute atomic E-state index is 0. The lowest BCUT2D eigenvalue weighted by atomic mass is 9.80. The van der Waals surface area contributed by atoms with Crippen molar-refractivity contribution in [2.45, 2.75) is 31.0 Å². The number of nitrogens with one attached hydrogen (secondary N) is 1. The lowest BCUT2D eigenvalue weighted by Crippen LogP contribution is -2.55. The number of methoxy groups -OCH3 is 2. The standard InChI is InChI=1S/C24H30N4O4.2ClH/c1-31-23(25)21(29)18-11-15-10-16-13-27-8-9-28(16)20(14-6-4-3-5-7-14)17(15)12-19(18)22(30)24(26)32-2;;/h3-7,11-12,16,20,23-24,27H,8-10,13,25-26H2,1-2H3;2*1H. The first-order valence-corrected chi connectivity index (χ1v) is 10.8. The lowest BCUT2D eigenvalue weighted by Gasteiger charge is -2.46. The molecule has 5 N–H and O–H groups in total. The van der Waals surface area contributed by atoms with E-state index in [2.05, 4.69) is 22.3 Å². The van der Waals surface area contributed by atoms with Gasteiger partial charge in [0.15, 0.2) is 12.5 Å². The highest BCUT2D eigenvalue weighted by Gasteiger charge is 2.38. The van der Waals surface area contributed by atoms with Gasteiger partial charge in [0.05, 0.1) is 6.04 Å². The largest absolute Gasteiger partial charge is 0.359 e. The summed E-state index contributed by atoms with van der Waals surface area (Å²) in [6.07, 6.45) is -1.58. The monoisotopic (exact) mass is 510 g/mol. The van der Waals surface area contributed by atoms with E-state index in [4.69, 9.17) is 20.9 Å². The Morgan fingerprint density at radius 2 is 1.59 bits per heavy atom. The number of Topliss-reactive ketones (excluding diaryl/α,β-unsaturated/α-hetero) is 2. The van der Waals surface area contributed by atoms with Gasteiger partial charge in [-0.2, -0.15) is 0 Å². The Morgan fingerprint density at radius 1 is 1.00 bits per heavy atom. The zero-order valence-electron chi connectivity index (χ0n) is 19.2. The van der Waals surface area contributed by atoms with Crippen molar-refractivity contribution in [2.75, 3.05) is 33.9 Å². The fourth-order valence-electron chi connectivity index (χ4n) is 4.77. The molecule has 2 heterocycles. The Balaban J connectivity index is 0.00000204. The van der Waals surface area contributed by atoms with E-state index in [1.807, 2.05) is 24.3 Å². The van der Waals surface area contributed by atoms with Crippen LogP contribution in [0.2, 0.25) is 0 Å². The van der Waals surface area contributed by atoms with Gasteiger partial charge in [-0.05, 0) is 35.2 Å². The normalized spacial score (nSPS) is 21.2. The van der Waals surface area contributed by atoms with Crippen LogP contribution in [0.4, 0.5) is 0 Å². The molecule has 8 nitrogen and oxygen atoms in total. The van der Waals surface area contributed by atoms with Crippen molar-refractivity contribution in [3.63, 3.8) is 0 Å². The number of hydrogen-bond donors (Lipinski definition) is 3. The summed E-state index contributed by atoms with van der Waals surface area (Å²) in [5.41, 5.74) is 15.4. The van der Waals surface area contributed by atoms with Crippen molar-refractivity contribution in [1.29, 1.82) is 0 Å². The summed E-state index contributed by atoms with van der Waals surface area (Å²) in [6, 6.07) is 14.1. The third kappa shape index (κ3) is 5.35. The Labute approximate surface area is 212 Å². The lowest BCUT2D eigenvalue weighted by molar-refractivity contribution is 0.0591. The van der Waals surface area contributed by atoms with Crippen LogP contribution in [0, 0.1) is 0 Å². The topological polar surface area (TPSA) is 120 Å². The molecule has 0 radical (unpaired) electrons. The second-order valence-corrected chi connectivity index (χ2v) is 8.25. The van der Waals surface area contributed by atoms with E-state index in [0.29, 0.717) is 0 Å². The molecule has 0 saturated carbocycles. The fraction of sp³-hybridized carbons (Fsp3) is 0.417. The van der Waals surface area contributed by atoms with Crippen molar-refractivity contribution in [2.24, 2.45) is 11.5 Å². The molecule has 2 aromatic rings. The summed E-state index contributed by atoms with van der Waals surface area (Å²) in [5.74, 6) is -0.918. The van der Waals surface area contributed by atoms with E-state index in [1.54, 1.807) is 6.07 Å². The molecule has 34 heavy (non-hydrogen) atoms. The Hall–Kier alpha value is -1.88. The van der Waals surface area contributed by atoms with E-state index in [0.717, 1.165) is 42.7 Å². The van der Waals surface area contributed by atoms with Crippen molar-refractivity contribution < 1.29 is 19.1 Å². The molecule has 10 heteroatoms. The molecule has 1 saturated heterocycles. The number of rotatable bonds is 7. The molecule has 4 unspecified atom stereocenters. The van der Waals surface area contributed by atoms with Gasteiger partial charge in [-0.15, -0.1) is 24.8 Å². The first kappa shape index (κ1) is 28.4. The Morgan fingerprint density at radius 3 is 2.18 bits per heavy atom. The quantitative estimate of drug-likeness (QED) is 0.380. The van der Waals surface area contributed by atoms with E-state index in [-0.39, 0.29) is 48.0 Å². The number of ether oxygens (including phenoxy) is 2. The average Bonchev–Trinajstić information content (AvgIpc) is 2.85. The minimum Gasteiger partial charge on any atom is -0.359 e.